The second-order valence-electron chi connectivity index (χ2n) is 5.03. The van der Waals surface area contributed by atoms with E-state index >= 15 is 0 Å². The number of methoxy groups -OCH3 is 1. The second-order valence-corrected chi connectivity index (χ2v) is 5.03. The molecule has 0 N–H and O–H groups in total. The number of esters is 1. The Kier molecular flexibility index (Phi) is 5.27. The Morgan fingerprint density at radius 1 is 1.35 bits per heavy atom. The fourth-order valence-corrected chi connectivity index (χ4v) is 2.29. The van der Waals surface area contributed by atoms with E-state index in [1.807, 2.05) is 18.2 Å². The molecule has 0 aromatic heterocycles. The molecule has 0 radical (unpaired) electrons. The normalized spacial score (nSPS) is 18.5. The Labute approximate surface area is 120 Å². The van der Waals surface area contributed by atoms with Gasteiger partial charge in [-0.05, 0) is 30.5 Å². The smallest absolute Gasteiger partial charge is 0.305 e. The van der Waals surface area contributed by atoms with Crippen molar-refractivity contribution in [3.05, 3.63) is 23.8 Å². The van der Waals surface area contributed by atoms with Crippen LogP contribution >= 0.6 is 0 Å². The molecule has 110 valence electrons. The third-order valence-corrected chi connectivity index (χ3v) is 3.56. The molecular formula is C16H22O4. The maximum Gasteiger partial charge on any atom is 0.305 e. The fourth-order valence-electron chi connectivity index (χ4n) is 2.29. The summed E-state index contributed by atoms with van der Waals surface area (Å²) in [5.74, 6) is 1.68. The molecule has 0 spiro atoms. The van der Waals surface area contributed by atoms with Gasteiger partial charge in [0, 0.05) is 12.3 Å². The number of cyclic esters (lactones) is 1. The number of ether oxygens (including phenoxy) is 3. The largest absolute Gasteiger partial charge is 0.493 e. The van der Waals surface area contributed by atoms with Crippen LogP contribution in [0.2, 0.25) is 0 Å². The molecule has 4 heteroatoms. The van der Waals surface area contributed by atoms with E-state index in [4.69, 9.17) is 14.2 Å². The number of carbonyl (C=O) groups is 1. The number of carbonyl (C=O) groups excluding carboxylic acids is 1. The topological polar surface area (TPSA) is 44.8 Å². The zero-order valence-corrected chi connectivity index (χ0v) is 12.2. The summed E-state index contributed by atoms with van der Waals surface area (Å²) >= 11 is 0. The summed E-state index contributed by atoms with van der Waals surface area (Å²) < 4.78 is 16.2. The first-order chi connectivity index (χ1) is 9.74. The Bertz CT molecular complexity index is 446. The van der Waals surface area contributed by atoms with Crippen molar-refractivity contribution in [1.82, 2.24) is 0 Å². The Hall–Kier alpha value is -1.71. The molecule has 0 unspecified atom stereocenters. The first-order valence-electron chi connectivity index (χ1n) is 7.21. The van der Waals surface area contributed by atoms with Gasteiger partial charge in [0.1, 0.15) is 0 Å². The molecule has 0 bridgehead atoms. The molecule has 20 heavy (non-hydrogen) atoms. The summed E-state index contributed by atoms with van der Waals surface area (Å²) in [6, 6.07) is 5.96. The first kappa shape index (κ1) is 14.7. The molecule has 1 aliphatic rings. The molecule has 1 saturated heterocycles. The van der Waals surface area contributed by atoms with Crippen LogP contribution in [-0.4, -0.2) is 26.3 Å². The van der Waals surface area contributed by atoms with Crippen molar-refractivity contribution in [3.63, 3.8) is 0 Å². The molecule has 1 aromatic rings. The highest BCUT2D eigenvalue weighted by atomic mass is 16.5. The average Bonchev–Trinajstić information content (AvgIpc) is 2.48. The third-order valence-electron chi connectivity index (χ3n) is 3.56. The van der Waals surface area contributed by atoms with Crippen molar-refractivity contribution in [2.24, 2.45) is 0 Å². The van der Waals surface area contributed by atoms with Gasteiger partial charge < -0.3 is 14.2 Å². The lowest BCUT2D eigenvalue weighted by Gasteiger charge is -2.23. The summed E-state index contributed by atoms with van der Waals surface area (Å²) in [6.07, 6.45) is 3.44. The lowest BCUT2D eigenvalue weighted by atomic mass is 9.93. The van der Waals surface area contributed by atoms with Crippen LogP contribution in [0.5, 0.6) is 11.5 Å². The average molecular weight is 278 g/mol. The summed E-state index contributed by atoms with van der Waals surface area (Å²) in [6.45, 7) is 3.28. The quantitative estimate of drug-likeness (QED) is 0.591. The number of hydrogen-bond donors (Lipinski definition) is 0. The Morgan fingerprint density at radius 3 is 2.85 bits per heavy atom. The highest BCUT2D eigenvalue weighted by Crippen LogP contribution is 2.34. The molecule has 1 aliphatic heterocycles. The van der Waals surface area contributed by atoms with Crippen LogP contribution in [0.25, 0.3) is 0 Å². The molecule has 2 rings (SSSR count). The van der Waals surface area contributed by atoms with Crippen LogP contribution in [0.1, 0.15) is 44.1 Å². The summed E-state index contributed by atoms with van der Waals surface area (Å²) in [5.41, 5.74) is 1.14. The molecule has 1 heterocycles. The van der Waals surface area contributed by atoms with Crippen molar-refractivity contribution in [3.8, 4) is 11.5 Å². The minimum absolute atomic E-state index is 0.103. The van der Waals surface area contributed by atoms with E-state index in [0.29, 0.717) is 19.6 Å². The molecular weight excluding hydrogens is 256 g/mol. The van der Waals surface area contributed by atoms with E-state index in [9.17, 15) is 4.79 Å². The van der Waals surface area contributed by atoms with Gasteiger partial charge in [-0.3, -0.25) is 4.79 Å². The maximum atomic E-state index is 11.1. The Balaban J connectivity index is 2.09. The molecule has 0 aliphatic carbocycles. The minimum Gasteiger partial charge on any atom is -0.493 e. The zero-order valence-electron chi connectivity index (χ0n) is 12.2. The van der Waals surface area contributed by atoms with Crippen molar-refractivity contribution in [2.45, 2.75) is 38.5 Å². The van der Waals surface area contributed by atoms with Gasteiger partial charge in [0.15, 0.2) is 11.5 Å². The SMILES string of the molecule is CCCCOc1cc([C@@H]2CCC(=O)OC2)ccc1OC. The van der Waals surface area contributed by atoms with Crippen molar-refractivity contribution < 1.29 is 19.0 Å². The standard InChI is InChI=1S/C16H22O4/c1-3-4-9-19-15-10-12(5-7-14(15)18-2)13-6-8-16(17)20-11-13/h5,7,10,13H,3-4,6,8-9,11H2,1-2H3/t13-/m1/s1. The van der Waals surface area contributed by atoms with Crippen molar-refractivity contribution >= 4 is 5.97 Å². The second kappa shape index (κ2) is 7.17. The van der Waals surface area contributed by atoms with E-state index in [1.54, 1.807) is 7.11 Å². The first-order valence-corrected chi connectivity index (χ1v) is 7.21. The number of hydrogen-bond acceptors (Lipinski definition) is 4. The van der Waals surface area contributed by atoms with Crippen molar-refractivity contribution in [2.75, 3.05) is 20.3 Å². The molecule has 1 fully saturated rings. The lowest BCUT2D eigenvalue weighted by molar-refractivity contribution is -0.147. The van der Waals surface area contributed by atoms with Crippen LogP contribution in [-0.2, 0) is 9.53 Å². The highest BCUT2D eigenvalue weighted by molar-refractivity contribution is 5.70. The van der Waals surface area contributed by atoms with Crippen LogP contribution in [0.15, 0.2) is 18.2 Å². The van der Waals surface area contributed by atoms with Gasteiger partial charge in [-0.25, -0.2) is 0 Å². The molecule has 1 atom stereocenters. The number of rotatable bonds is 6. The van der Waals surface area contributed by atoms with E-state index in [0.717, 1.165) is 36.3 Å². The van der Waals surface area contributed by atoms with Crippen LogP contribution in [0.4, 0.5) is 0 Å². The van der Waals surface area contributed by atoms with Crippen molar-refractivity contribution in [1.29, 1.82) is 0 Å². The van der Waals surface area contributed by atoms with Gasteiger partial charge in [-0.15, -0.1) is 0 Å². The monoisotopic (exact) mass is 278 g/mol. The van der Waals surface area contributed by atoms with Crippen LogP contribution in [0, 0.1) is 0 Å². The number of benzene rings is 1. The van der Waals surface area contributed by atoms with Gasteiger partial charge in [0.05, 0.1) is 20.3 Å². The van der Waals surface area contributed by atoms with E-state index < -0.39 is 0 Å². The summed E-state index contributed by atoms with van der Waals surface area (Å²) in [4.78, 5) is 11.1. The summed E-state index contributed by atoms with van der Waals surface area (Å²) in [5, 5.41) is 0. The summed E-state index contributed by atoms with van der Waals surface area (Å²) in [7, 11) is 1.64. The maximum absolute atomic E-state index is 11.1. The fraction of sp³-hybridized carbons (Fsp3) is 0.562. The highest BCUT2D eigenvalue weighted by Gasteiger charge is 2.22. The van der Waals surface area contributed by atoms with Crippen LogP contribution < -0.4 is 9.47 Å². The lowest BCUT2D eigenvalue weighted by Crippen LogP contribution is -2.20. The molecule has 0 saturated carbocycles. The van der Waals surface area contributed by atoms with Crippen LogP contribution in [0.3, 0.4) is 0 Å². The molecule has 0 amide bonds. The zero-order chi connectivity index (χ0) is 14.4. The van der Waals surface area contributed by atoms with Gasteiger partial charge in [0.2, 0.25) is 0 Å². The predicted molar refractivity (Wildman–Crippen MR) is 76.3 cm³/mol. The Morgan fingerprint density at radius 2 is 2.20 bits per heavy atom. The van der Waals surface area contributed by atoms with Gasteiger partial charge >= 0.3 is 5.97 Å². The van der Waals surface area contributed by atoms with Gasteiger partial charge in [-0.2, -0.15) is 0 Å². The third kappa shape index (κ3) is 3.65. The van der Waals surface area contributed by atoms with Gasteiger partial charge in [-0.1, -0.05) is 19.4 Å². The van der Waals surface area contributed by atoms with E-state index in [1.165, 1.54) is 0 Å². The van der Waals surface area contributed by atoms with E-state index in [-0.39, 0.29) is 11.9 Å². The molecule has 4 nitrogen and oxygen atoms in total. The minimum atomic E-state index is -0.103. The van der Waals surface area contributed by atoms with Gasteiger partial charge in [0.25, 0.3) is 0 Å². The van der Waals surface area contributed by atoms with E-state index in [2.05, 4.69) is 6.92 Å². The number of unbranched alkanes of at least 4 members (excludes halogenated alkanes) is 1. The predicted octanol–water partition coefficient (Wildman–Crippen LogP) is 3.29. The molecule has 1 aromatic carbocycles.